The Hall–Kier alpha value is -1.42. The summed E-state index contributed by atoms with van der Waals surface area (Å²) in [7, 11) is 1.78. The minimum absolute atomic E-state index is 0. The van der Waals surface area contributed by atoms with Crippen molar-refractivity contribution in [1.29, 1.82) is 0 Å². The number of nitrogens with one attached hydrogen (secondary N) is 2. The first-order valence-electron chi connectivity index (χ1n) is 8.73. The lowest BCUT2D eigenvalue weighted by Gasteiger charge is -2.16. The van der Waals surface area contributed by atoms with Gasteiger partial charge in [-0.15, -0.1) is 35.3 Å². The number of hydrogen-bond donors (Lipinski definition) is 2. The van der Waals surface area contributed by atoms with Crippen LogP contribution in [0.5, 0.6) is 0 Å². The molecule has 8 heteroatoms. The maximum atomic E-state index is 4.59. The van der Waals surface area contributed by atoms with E-state index in [1.165, 1.54) is 17.7 Å². The monoisotopic (exact) mass is 486 g/mol. The number of guanidine groups is 1. The van der Waals surface area contributed by atoms with Gasteiger partial charge in [-0.1, -0.05) is 6.07 Å². The Kier molecular flexibility index (Phi) is 8.08. The normalized spacial score (nSPS) is 14.3. The van der Waals surface area contributed by atoms with Gasteiger partial charge in [-0.2, -0.15) is 0 Å². The predicted octanol–water partition coefficient (Wildman–Crippen LogP) is 3.24. The number of hydrogen-bond acceptors (Lipinski definition) is 5. The average Bonchev–Trinajstić information content (AvgIpc) is 3.26. The topological polar surface area (TPSA) is 65.4 Å². The minimum atomic E-state index is 0. The molecule has 0 unspecified atom stereocenters. The van der Waals surface area contributed by atoms with Crippen LogP contribution in [0.4, 0.5) is 5.82 Å². The minimum Gasteiger partial charge on any atom is -0.357 e. The largest absolute Gasteiger partial charge is 0.357 e. The SMILES string of the molecule is CN=C(NCc1ccc(N2CCCC2)nc1)NCc1nc(C)c(C)s1.I. The van der Waals surface area contributed by atoms with Crippen LogP contribution in [0.3, 0.4) is 0 Å². The van der Waals surface area contributed by atoms with Crippen LogP contribution in [0.2, 0.25) is 0 Å². The summed E-state index contributed by atoms with van der Waals surface area (Å²) in [5.41, 5.74) is 2.25. The van der Waals surface area contributed by atoms with Gasteiger partial charge in [0.15, 0.2) is 5.96 Å². The van der Waals surface area contributed by atoms with Crippen molar-refractivity contribution in [3.05, 3.63) is 39.5 Å². The van der Waals surface area contributed by atoms with E-state index < -0.39 is 0 Å². The first-order chi connectivity index (χ1) is 12.2. The van der Waals surface area contributed by atoms with Crippen LogP contribution in [-0.2, 0) is 13.1 Å². The molecule has 0 amide bonds. The zero-order valence-corrected chi connectivity index (χ0v) is 18.7. The second-order valence-corrected chi connectivity index (χ2v) is 7.54. The molecule has 0 saturated carbocycles. The van der Waals surface area contributed by atoms with Crippen molar-refractivity contribution in [2.75, 3.05) is 25.0 Å². The number of halogens is 1. The first kappa shape index (κ1) is 20.9. The Balaban J connectivity index is 0.00000243. The van der Waals surface area contributed by atoms with Crippen molar-refractivity contribution < 1.29 is 0 Å². The molecule has 1 aliphatic heterocycles. The molecule has 2 aromatic heterocycles. The second-order valence-electron chi connectivity index (χ2n) is 6.25. The zero-order valence-electron chi connectivity index (χ0n) is 15.6. The number of anilines is 1. The van der Waals surface area contributed by atoms with Gasteiger partial charge in [-0.25, -0.2) is 9.97 Å². The van der Waals surface area contributed by atoms with Crippen LogP contribution in [0.15, 0.2) is 23.3 Å². The van der Waals surface area contributed by atoms with E-state index in [9.17, 15) is 0 Å². The quantitative estimate of drug-likeness (QED) is 0.386. The fourth-order valence-corrected chi connectivity index (χ4v) is 3.71. The first-order valence-corrected chi connectivity index (χ1v) is 9.54. The smallest absolute Gasteiger partial charge is 0.191 e. The van der Waals surface area contributed by atoms with Crippen LogP contribution in [-0.4, -0.2) is 36.1 Å². The highest BCUT2D eigenvalue weighted by Crippen LogP contribution is 2.17. The van der Waals surface area contributed by atoms with Gasteiger partial charge in [0, 0.05) is 37.8 Å². The maximum absolute atomic E-state index is 4.59. The fourth-order valence-electron chi connectivity index (χ4n) is 2.84. The number of thiazole rings is 1. The Labute approximate surface area is 176 Å². The maximum Gasteiger partial charge on any atom is 0.191 e. The average molecular weight is 486 g/mol. The molecule has 3 heterocycles. The highest BCUT2D eigenvalue weighted by atomic mass is 127. The van der Waals surface area contributed by atoms with Crippen molar-refractivity contribution in [2.24, 2.45) is 4.99 Å². The Morgan fingerprint density at radius 3 is 2.50 bits per heavy atom. The summed E-state index contributed by atoms with van der Waals surface area (Å²) in [5.74, 6) is 1.85. The third kappa shape index (κ3) is 5.54. The van der Waals surface area contributed by atoms with Crippen molar-refractivity contribution in [3.8, 4) is 0 Å². The molecule has 1 fully saturated rings. The van der Waals surface area contributed by atoms with E-state index in [2.05, 4.69) is 49.6 Å². The van der Waals surface area contributed by atoms with Crippen molar-refractivity contribution in [3.63, 3.8) is 0 Å². The fraction of sp³-hybridized carbons (Fsp3) is 0.500. The molecule has 2 aromatic rings. The van der Waals surface area contributed by atoms with E-state index in [-0.39, 0.29) is 24.0 Å². The van der Waals surface area contributed by atoms with Gasteiger partial charge < -0.3 is 15.5 Å². The van der Waals surface area contributed by atoms with Gasteiger partial charge >= 0.3 is 0 Å². The van der Waals surface area contributed by atoms with E-state index in [4.69, 9.17) is 0 Å². The number of aryl methyl sites for hydroxylation is 2. The van der Waals surface area contributed by atoms with Crippen LogP contribution < -0.4 is 15.5 Å². The summed E-state index contributed by atoms with van der Waals surface area (Å²) in [6, 6.07) is 4.24. The molecule has 0 spiro atoms. The van der Waals surface area contributed by atoms with Crippen LogP contribution in [0.1, 0.15) is 34.0 Å². The highest BCUT2D eigenvalue weighted by molar-refractivity contribution is 14.0. The third-order valence-electron chi connectivity index (χ3n) is 4.40. The lowest BCUT2D eigenvalue weighted by molar-refractivity contribution is 0.800. The predicted molar refractivity (Wildman–Crippen MR) is 120 cm³/mol. The Morgan fingerprint density at radius 2 is 1.92 bits per heavy atom. The summed E-state index contributed by atoms with van der Waals surface area (Å²) in [6.45, 7) is 7.77. The lowest BCUT2D eigenvalue weighted by Crippen LogP contribution is -2.36. The molecule has 0 aliphatic carbocycles. The number of aromatic nitrogens is 2. The van der Waals surface area contributed by atoms with E-state index in [1.54, 1.807) is 18.4 Å². The molecule has 0 radical (unpaired) electrons. The third-order valence-corrected chi connectivity index (χ3v) is 5.48. The number of nitrogens with zero attached hydrogens (tertiary/aromatic N) is 4. The van der Waals surface area contributed by atoms with Crippen LogP contribution >= 0.6 is 35.3 Å². The standard InChI is InChI=1S/C18H26N6S.HI/c1-13-14(2)25-17(23-13)12-22-18(19-3)21-11-15-6-7-16(20-10-15)24-8-4-5-9-24;/h6-7,10H,4-5,8-9,11-12H2,1-3H3,(H2,19,21,22);1H. The number of pyridine rings is 1. The van der Waals surface area contributed by atoms with E-state index in [0.29, 0.717) is 13.1 Å². The molecule has 26 heavy (non-hydrogen) atoms. The van der Waals surface area contributed by atoms with Gasteiger partial charge in [0.2, 0.25) is 0 Å². The van der Waals surface area contributed by atoms with Gasteiger partial charge in [-0.05, 0) is 38.3 Å². The summed E-state index contributed by atoms with van der Waals surface area (Å²) in [4.78, 5) is 17.0. The molecule has 0 aromatic carbocycles. The van der Waals surface area contributed by atoms with E-state index in [0.717, 1.165) is 41.1 Å². The van der Waals surface area contributed by atoms with Gasteiger partial charge in [0.1, 0.15) is 10.8 Å². The molecule has 6 nitrogen and oxygen atoms in total. The van der Waals surface area contributed by atoms with Gasteiger partial charge in [-0.3, -0.25) is 4.99 Å². The van der Waals surface area contributed by atoms with Crippen molar-refractivity contribution >= 4 is 47.1 Å². The molecule has 2 N–H and O–H groups in total. The van der Waals surface area contributed by atoms with Gasteiger partial charge in [0.05, 0.1) is 12.2 Å². The summed E-state index contributed by atoms with van der Waals surface area (Å²) in [5, 5.41) is 7.72. The molecule has 0 atom stereocenters. The molecular formula is C18H27IN6S. The van der Waals surface area contributed by atoms with Crippen molar-refractivity contribution in [2.45, 2.75) is 39.8 Å². The summed E-state index contributed by atoms with van der Waals surface area (Å²) >= 11 is 1.72. The van der Waals surface area contributed by atoms with Crippen LogP contribution in [0, 0.1) is 13.8 Å². The molecular weight excluding hydrogens is 459 g/mol. The van der Waals surface area contributed by atoms with E-state index >= 15 is 0 Å². The summed E-state index contributed by atoms with van der Waals surface area (Å²) < 4.78 is 0. The van der Waals surface area contributed by atoms with Crippen LogP contribution in [0.25, 0.3) is 0 Å². The Bertz CT molecular complexity index is 702. The number of rotatable bonds is 5. The second kappa shape index (κ2) is 10.1. The molecule has 0 bridgehead atoms. The molecule has 3 rings (SSSR count). The zero-order chi connectivity index (χ0) is 17.6. The molecule has 1 saturated heterocycles. The molecule has 142 valence electrons. The number of aliphatic imine (C=N–C) groups is 1. The Morgan fingerprint density at radius 1 is 1.19 bits per heavy atom. The highest BCUT2D eigenvalue weighted by Gasteiger charge is 2.13. The van der Waals surface area contributed by atoms with Gasteiger partial charge in [0.25, 0.3) is 0 Å². The molecule has 1 aliphatic rings. The lowest BCUT2D eigenvalue weighted by atomic mass is 10.3. The van der Waals surface area contributed by atoms with E-state index in [1.807, 2.05) is 13.1 Å². The summed E-state index contributed by atoms with van der Waals surface area (Å²) in [6.07, 6.45) is 4.48. The van der Waals surface area contributed by atoms with Crippen molar-refractivity contribution in [1.82, 2.24) is 20.6 Å².